The van der Waals surface area contributed by atoms with E-state index in [9.17, 15) is 4.91 Å². The Hall–Kier alpha value is -1.25. The lowest BCUT2D eigenvalue weighted by Crippen LogP contribution is -1.90. The quantitative estimate of drug-likeness (QED) is 0.671. The van der Waals surface area contributed by atoms with Crippen molar-refractivity contribution in [3.05, 3.63) is 34.5 Å². The Balaban J connectivity index is 0.000000671. The number of hydrogen-bond donors (Lipinski definition) is 0. The maximum absolute atomic E-state index is 9.77. The lowest BCUT2D eigenvalue weighted by Gasteiger charge is -1.95. The van der Waals surface area contributed by atoms with Gasteiger partial charge in [0.2, 0.25) is 0 Å². The summed E-state index contributed by atoms with van der Waals surface area (Å²) in [7, 11) is 0. The van der Waals surface area contributed by atoms with Crippen LogP contribution in [-0.4, -0.2) is 11.5 Å². The molecule has 0 atom stereocenters. The number of hydrogen-bond acceptors (Lipinski definition) is 3. The normalized spacial score (nSPS) is 8.54. The Labute approximate surface area is 79.2 Å². The fraction of sp³-hybridized carbons (Fsp3) is 0.500. The minimum Gasteiger partial charge on any atom is -0.261 e. The highest BCUT2D eigenvalue weighted by atomic mass is 16.3. The van der Waals surface area contributed by atoms with E-state index in [1.807, 2.05) is 32.9 Å². The van der Waals surface area contributed by atoms with Crippen LogP contribution < -0.4 is 0 Å². The zero-order chi connectivity index (χ0) is 10.1. The lowest BCUT2D eigenvalue weighted by molar-refractivity contribution is 0.947. The highest BCUT2D eigenvalue weighted by molar-refractivity contribution is 5.13. The van der Waals surface area contributed by atoms with E-state index in [0.29, 0.717) is 13.0 Å². The molecule has 0 radical (unpaired) electrons. The van der Waals surface area contributed by atoms with Gasteiger partial charge < -0.3 is 0 Å². The monoisotopic (exact) mass is 180 g/mol. The molecule has 0 saturated carbocycles. The van der Waals surface area contributed by atoms with Gasteiger partial charge in [0, 0.05) is 11.9 Å². The summed E-state index contributed by atoms with van der Waals surface area (Å²) in [5, 5.41) is 2.78. The second-order valence-electron chi connectivity index (χ2n) is 2.41. The fourth-order valence-corrected chi connectivity index (χ4v) is 0.821. The van der Waals surface area contributed by atoms with Crippen LogP contribution in [0, 0.1) is 11.8 Å². The van der Waals surface area contributed by atoms with Crippen LogP contribution in [0.4, 0.5) is 0 Å². The van der Waals surface area contributed by atoms with Crippen molar-refractivity contribution in [3.8, 4) is 0 Å². The predicted octanol–water partition coefficient (Wildman–Crippen LogP) is 2.73. The fourth-order valence-electron chi connectivity index (χ4n) is 0.821. The molecular weight excluding hydrogens is 164 g/mol. The van der Waals surface area contributed by atoms with E-state index in [4.69, 9.17) is 0 Å². The van der Waals surface area contributed by atoms with Crippen molar-refractivity contribution in [2.24, 2.45) is 5.18 Å². The molecule has 0 aliphatic rings. The van der Waals surface area contributed by atoms with Crippen LogP contribution in [0.3, 0.4) is 0 Å². The van der Waals surface area contributed by atoms with Crippen molar-refractivity contribution >= 4 is 0 Å². The van der Waals surface area contributed by atoms with E-state index in [-0.39, 0.29) is 0 Å². The first kappa shape index (κ1) is 11.8. The maximum atomic E-state index is 9.77. The summed E-state index contributed by atoms with van der Waals surface area (Å²) in [6.45, 7) is 6.27. The molecule has 1 heterocycles. The Bertz CT molecular complexity index is 231. The summed E-state index contributed by atoms with van der Waals surface area (Å²) in [5.41, 5.74) is 2.06. The summed E-state index contributed by atoms with van der Waals surface area (Å²) in [6.07, 6.45) is 2.47. The lowest BCUT2D eigenvalue weighted by atomic mass is 10.2. The van der Waals surface area contributed by atoms with E-state index in [1.54, 1.807) is 6.20 Å². The SMILES string of the molecule is CC.Cc1ccc(CCN=O)cn1. The largest absolute Gasteiger partial charge is 0.261 e. The van der Waals surface area contributed by atoms with Crippen LogP contribution in [0.25, 0.3) is 0 Å². The van der Waals surface area contributed by atoms with Gasteiger partial charge in [-0.1, -0.05) is 25.1 Å². The Morgan fingerprint density at radius 2 is 2.08 bits per heavy atom. The average Bonchev–Trinajstić information content (AvgIpc) is 2.20. The molecule has 0 fully saturated rings. The average molecular weight is 180 g/mol. The zero-order valence-electron chi connectivity index (χ0n) is 8.45. The van der Waals surface area contributed by atoms with Gasteiger partial charge in [0.25, 0.3) is 0 Å². The second-order valence-corrected chi connectivity index (χ2v) is 2.41. The number of rotatable bonds is 3. The number of pyridine rings is 1. The third-order valence-corrected chi connectivity index (χ3v) is 1.46. The summed E-state index contributed by atoms with van der Waals surface area (Å²) in [6, 6.07) is 3.90. The molecule has 0 aliphatic heterocycles. The first-order chi connectivity index (χ1) is 6.33. The molecule has 0 N–H and O–H groups in total. The molecule has 1 aromatic heterocycles. The smallest absolute Gasteiger partial charge is 0.0852 e. The molecule has 1 aromatic rings. The van der Waals surface area contributed by atoms with Gasteiger partial charge in [-0.25, -0.2) is 0 Å². The number of aromatic nitrogens is 1. The van der Waals surface area contributed by atoms with E-state index in [0.717, 1.165) is 11.3 Å². The van der Waals surface area contributed by atoms with Gasteiger partial charge in [0.1, 0.15) is 0 Å². The maximum Gasteiger partial charge on any atom is 0.0852 e. The summed E-state index contributed by atoms with van der Waals surface area (Å²) >= 11 is 0. The molecular formula is C10H16N2O. The summed E-state index contributed by atoms with van der Waals surface area (Å²) in [5.74, 6) is 0. The Morgan fingerprint density at radius 1 is 1.38 bits per heavy atom. The Kier molecular flexibility index (Phi) is 6.69. The van der Waals surface area contributed by atoms with Gasteiger partial charge in [-0.05, 0) is 25.0 Å². The number of aryl methyl sites for hydroxylation is 1. The molecule has 0 amide bonds. The van der Waals surface area contributed by atoms with Gasteiger partial charge in [0.05, 0.1) is 6.54 Å². The third kappa shape index (κ3) is 5.06. The van der Waals surface area contributed by atoms with Crippen molar-refractivity contribution in [1.29, 1.82) is 0 Å². The molecule has 0 spiro atoms. The van der Waals surface area contributed by atoms with Crippen molar-refractivity contribution in [1.82, 2.24) is 4.98 Å². The first-order valence-corrected chi connectivity index (χ1v) is 4.53. The molecule has 0 aromatic carbocycles. The molecule has 13 heavy (non-hydrogen) atoms. The highest BCUT2D eigenvalue weighted by Crippen LogP contribution is 1.99. The first-order valence-electron chi connectivity index (χ1n) is 4.53. The van der Waals surface area contributed by atoms with E-state index in [2.05, 4.69) is 10.2 Å². The van der Waals surface area contributed by atoms with Crippen LogP contribution in [0.15, 0.2) is 23.5 Å². The van der Waals surface area contributed by atoms with Crippen LogP contribution in [0.5, 0.6) is 0 Å². The van der Waals surface area contributed by atoms with Gasteiger partial charge in [-0.15, -0.1) is 0 Å². The third-order valence-electron chi connectivity index (χ3n) is 1.46. The molecule has 0 unspecified atom stereocenters. The van der Waals surface area contributed by atoms with Gasteiger partial charge in [0.15, 0.2) is 0 Å². The standard InChI is InChI=1S/C8H10N2O.C2H6/c1-7-2-3-8(6-9-7)4-5-10-11;1-2/h2-3,6H,4-5H2,1H3;1-2H3. The Morgan fingerprint density at radius 3 is 2.54 bits per heavy atom. The highest BCUT2D eigenvalue weighted by Gasteiger charge is 1.91. The van der Waals surface area contributed by atoms with E-state index >= 15 is 0 Å². The van der Waals surface area contributed by atoms with Crippen LogP contribution >= 0.6 is 0 Å². The molecule has 72 valence electrons. The van der Waals surface area contributed by atoms with E-state index in [1.165, 1.54) is 0 Å². The van der Waals surface area contributed by atoms with Crippen LogP contribution in [0.2, 0.25) is 0 Å². The van der Waals surface area contributed by atoms with Crippen LogP contribution in [0.1, 0.15) is 25.1 Å². The topological polar surface area (TPSA) is 42.3 Å². The molecule has 1 rings (SSSR count). The molecule has 0 bridgehead atoms. The summed E-state index contributed by atoms with van der Waals surface area (Å²) < 4.78 is 0. The predicted molar refractivity (Wildman–Crippen MR) is 54.7 cm³/mol. The minimum absolute atomic E-state index is 0.338. The van der Waals surface area contributed by atoms with Gasteiger partial charge >= 0.3 is 0 Å². The van der Waals surface area contributed by atoms with Crippen molar-refractivity contribution in [2.75, 3.05) is 6.54 Å². The molecule has 0 aliphatic carbocycles. The summed E-state index contributed by atoms with van der Waals surface area (Å²) in [4.78, 5) is 13.9. The number of nitrogens with zero attached hydrogens (tertiary/aromatic N) is 2. The molecule has 3 nitrogen and oxygen atoms in total. The molecule has 0 saturated heterocycles. The van der Waals surface area contributed by atoms with Crippen molar-refractivity contribution < 1.29 is 0 Å². The van der Waals surface area contributed by atoms with Crippen LogP contribution in [-0.2, 0) is 6.42 Å². The molecule has 3 heteroatoms. The minimum atomic E-state index is 0.338. The van der Waals surface area contributed by atoms with Gasteiger partial charge in [-0.3, -0.25) is 4.98 Å². The van der Waals surface area contributed by atoms with Crippen molar-refractivity contribution in [3.63, 3.8) is 0 Å². The number of nitroso groups, excluding NO2 is 1. The van der Waals surface area contributed by atoms with Crippen molar-refractivity contribution in [2.45, 2.75) is 27.2 Å². The zero-order valence-corrected chi connectivity index (χ0v) is 8.45. The second kappa shape index (κ2) is 7.40. The van der Waals surface area contributed by atoms with E-state index < -0.39 is 0 Å². The van der Waals surface area contributed by atoms with Gasteiger partial charge in [-0.2, -0.15) is 4.91 Å².